The van der Waals surface area contributed by atoms with Crippen LogP contribution in [0, 0.1) is 5.82 Å². The second kappa shape index (κ2) is 8.91. The molecule has 3 aromatic carbocycles. The molecule has 0 unspecified atom stereocenters. The third-order valence-electron chi connectivity index (χ3n) is 4.98. The molecule has 4 rings (SSSR count). The molecule has 0 atom stereocenters. The number of nitrogens with zero attached hydrogens (tertiary/aromatic N) is 2. The van der Waals surface area contributed by atoms with E-state index in [0.29, 0.717) is 11.3 Å². The Hall–Kier alpha value is -4.31. The molecule has 8 nitrogen and oxygen atoms in total. The van der Waals surface area contributed by atoms with Gasteiger partial charge in [-0.25, -0.2) is 22.3 Å². The van der Waals surface area contributed by atoms with E-state index in [1.807, 2.05) is 0 Å². The van der Waals surface area contributed by atoms with E-state index < -0.39 is 27.5 Å². The number of sulfone groups is 1. The number of anilines is 1. The molecule has 0 aliphatic rings. The van der Waals surface area contributed by atoms with Gasteiger partial charge in [-0.15, -0.1) is 0 Å². The SMILES string of the molecule is CS(=O)(=O)c1ccc(-c2nn(-c3ccc(C(=O)O)cc3)cc2C(=O)Nc2cccc(F)c2)cc1. The van der Waals surface area contributed by atoms with Gasteiger partial charge in [-0.1, -0.05) is 18.2 Å². The fourth-order valence-electron chi connectivity index (χ4n) is 3.27. The lowest BCUT2D eigenvalue weighted by Gasteiger charge is -2.06. The molecule has 4 aromatic rings. The van der Waals surface area contributed by atoms with Crippen LogP contribution in [0.15, 0.2) is 83.9 Å². The van der Waals surface area contributed by atoms with Crippen molar-refractivity contribution in [1.29, 1.82) is 0 Å². The minimum absolute atomic E-state index is 0.0940. The van der Waals surface area contributed by atoms with E-state index in [1.165, 1.54) is 71.5 Å². The Bertz CT molecular complexity index is 1490. The number of carboxylic acids is 1. The van der Waals surface area contributed by atoms with Crippen LogP contribution >= 0.6 is 0 Å². The van der Waals surface area contributed by atoms with Gasteiger partial charge in [0.2, 0.25) is 0 Å². The van der Waals surface area contributed by atoms with Crippen LogP contribution in [0.5, 0.6) is 0 Å². The summed E-state index contributed by atoms with van der Waals surface area (Å²) in [5.41, 5.74) is 1.75. The Morgan fingerprint density at radius 2 is 1.68 bits per heavy atom. The Balaban J connectivity index is 1.77. The highest BCUT2D eigenvalue weighted by atomic mass is 32.2. The average molecular weight is 479 g/mol. The second-order valence-corrected chi connectivity index (χ2v) is 9.46. The molecule has 172 valence electrons. The second-order valence-electron chi connectivity index (χ2n) is 7.45. The zero-order chi connectivity index (χ0) is 24.5. The predicted molar refractivity (Wildman–Crippen MR) is 123 cm³/mol. The monoisotopic (exact) mass is 479 g/mol. The molecular weight excluding hydrogens is 461 g/mol. The van der Waals surface area contributed by atoms with Crippen LogP contribution in [0.2, 0.25) is 0 Å². The summed E-state index contributed by atoms with van der Waals surface area (Å²) in [7, 11) is -3.41. The smallest absolute Gasteiger partial charge is 0.335 e. The maximum atomic E-state index is 13.6. The molecular formula is C24H18FN3O5S. The van der Waals surface area contributed by atoms with Gasteiger partial charge in [-0.05, 0) is 54.6 Å². The summed E-state index contributed by atoms with van der Waals surface area (Å²) in [5.74, 6) is -2.14. The number of amides is 1. The van der Waals surface area contributed by atoms with Crippen molar-refractivity contribution in [3.8, 4) is 16.9 Å². The molecule has 0 bridgehead atoms. The standard InChI is InChI=1S/C24H18FN3O5S/c1-34(32,33)20-11-7-15(8-12-20)22-21(23(29)26-18-4-2-3-17(25)13-18)14-28(27-22)19-9-5-16(6-10-19)24(30)31/h2-14H,1H3,(H,26,29)(H,30,31). The van der Waals surface area contributed by atoms with Gasteiger partial charge in [0.05, 0.1) is 21.7 Å². The van der Waals surface area contributed by atoms with Crippen molar-refractivity contribution in [2.45, 2.75) is 4.90 Å². The lowest BCUT2D eigenvalue weighted by Crippen LogP contribution is -2.12. The van der Waals surface area contributed by atoms with E-state index in [2.05, 4.69) is 10.4 Å². The van der Waals surface area contributed by atoms with Crippen LogP contribution in [0.3, 0.4) is 0 Å². The highest BCUT2D eigenvalue weighted by molar-refractivity contribution is 7.90. The van der Waals surface area contributed by atoms with Gasteiger partial charge < -0.3 is 10.4 Å². The summed E-state index contributed by atoms with van der Waals surface area (Å²) in [4.78, 5) is 24.3. The zero-order valence-electron chi connectivity index (χ0n) is 17.8. The van der Waals surface area contributed by atoms with Gasteiger partial charge in [0.25, 0.3) is 5.91 Å². The summed E-state index contributed by atoms with van der Waals surface area (Å²) >= 11 is 0. The Morgan fingerprint density at radius 3 is 2.26 bits per heavy atom. The fraction of sp³-hybridized carbons (Fsp3) is 0.0417. The molecule has 0 aliphatic heterocycles. The van der Waals surface area contributed by atoms with E-state index in [9.17, 15) is 22.4 Å². The first-order chi connectivity index (χ1) is 16.1. The quantitative estimate of drug-likeness (QED) is 0.431. The van der Waals surface area contributed by atoms with Gasteiger partial charge >= 0.3 is 5.97 Å². The topological polar surface area (TPSA) is 118 Å². The molecule has 0 saturated heterocycles. The highest BCUT2D eigenvalue weighted by Crippen LogP contribution is 2.26. The minimum atomic E-state index is -3.41. The third kappa shape index (κ3) is 4.86. The van der Waals surface area contributed by atoms with E-state index in [1.54, 1.807) is 12.1 Å². The first-order valence-corrected chi connectivity index (χ1v) is 11.8. The zero-order valence-corrected chi connectivity index (χ0v) is 18.6. The van der Waals surface area contributed by atoms with Gasteiger partial charge in [-0.3, -0.25) is 4.79 Å². The number of aromatic carboxylic acids is 1. The summed E-state index contributed by atoms with van der Waals surface area (Å²) < 4.78 is 38.6. The van der Waals surface area contributed by atoms with Crippen molar-refractivity contribution < 1.29 is 27.5 Å². The number of carboxylic acid groups (broad SMARTS) is 1. The number of carbonyl (C=O) groups excluding carboxylic acids is 1. The van der Waals surface area contributed by atoms with Crippen LogP contribution in [-0.2, 0) is 9.84 Å². The van der Waals surface area contributed by atoms with Crippen molar-refractivity contribution in [3.05, 3.63) is 95.9 Å². The van der Waals surface area contributed by atoms with Crippen molar-refractivity contribution in [2.75, 3.05) is 11.6 Å². The highest BCUT2D eigenvalue weighted by Gasteiger charge is 2.20. The summed E-state index contributed by atoms with van der Waals surface area (Å²) in [6.07, 6.45) is 2.56. The maximum absolute atomic E-state index is 13.6. The largest absolute Gasteiger partial charge is 0.478 e. The molecule has 34 heavy (non-hydrogen) atoms. The van der Waals surface area contributed by atoms with E-state index in [-0.39, 0.29) is 27.4 Å². The molecule has 1 amide bonds. The Kier molecular flexibility index (Phi) is 5.99. The molecule has 1 aromatic heterocycles. The van der Waals surface area contributed by atoms with Gasteiger partial charge in [0.15, 0.2) is 9.84 Å². The molecule has 2 N–H and O–H groups in total. The Labute approximate surface area is 194 Å². The Morgan fingerprint density at radius 1 is 1.00 bits per heavy atom. The van der Waals surface area contributed by atoms with Gasteiger partial charge in [-0.2, -0.15) is 5.10 Å². The fourth-order valence-corrected chi connectivity index (χ4v) is 3.90. The number of benzene rings is 3. The third-order valence-corrected chi connectivity index (χ3v) is 6.10. The number of nitrogens with one attached hydrogen (secondary N) is 1. The number of hydrogen-bond donors (Lipinski definition) is 2. The maximum Gasteiger partial charge on any atom is 0.335 e. The lowest BCUT2D eigenvalue weighted by molar-refractivity contribution is 0.0696. The summed E-state index contributed by atoms with van der Waals surface area (Å²) in [6.45, 7) is 0. The normalized spacial score (nSPS) is 11.2. The van der Waals surface area contributed by atoms with Crippen molar-refractivity contribution in [3.63, 3.8) is 0 Å². The number of halogens is 1. The number of rotatable bonds is 6. The van der Waals surface area contributed by atoms with Crippen molar-refractivity contribution in [2.24, 2.45) is 0 Å². The average Bonchev–Trinajstić information content (AvgIpc) is 3.24. The van der Waals surface area contributed by atoms with Crippen LogP contribution in [0.25, 0.3) is 16.9 Å². The van der Waals surface area contributed by atoms with Gasteiger partial charge in [0, 0.05) is 23.7 Å². The van der Waals surface area contributed by atoms with Crippen molar-refractivity contribution in [1.82, 2.24) is 9.78 Å². The molecule has 0 radical (unpaired) electrons. The van der Waals surface area contributed by atoms with Crippen molar-refractivity contribution >= 4 is 27.4 Å². The molecule has 0 aliphatic carbocycles. The summed E-state index contributed by atoms with van der Waals surface area (Å²) in [5, 5.41) is 16.2. The molecule has 0 fully saturated rings. The predicted octanol–water partition coefficient (Wildman–Crippen LogP) is 4.03. The molecule has 10 heteroatoms. The summed E-state index contributed by atoms with van der Waals surface area (Å²) in [6, 6.07) is 17.2. The number of hydrogen-bond acceptors (Lipinski definition) is 5. The first kappa shape index (κ1) is 22.9. The van der Waals surface area contributed by atoms with E-state index in [0.717, 1.165) is 6.26 Å². The van der Waals surface area contributed by atoms with Crippen LogP contribution in [-0.4, -0.2) is 41.4 Å². The van der Waals surface area contributed by atoms with Crippen LogP contribution in [0.1, 0.15) is 20.7 Å². The first-order valence-electron chi connectivity index (χ1n) is 9.92. The number of aromatic nitrogens is 2. The van der Waals surface area contributed by atoms with Crippen LogP contribution < -0.4 is 5.32 Å². The molecule has 0 spiro atoms. The van der Waals surface area contributed by atoms with Gasteiger partial charge in [0.1, 0.15) is 11.5 Å². The minimum Gasteiger partial charge on any atom is -0.478 e. The van der Waals surface area contributed by atoms with Crippen LogP contribution in [0.4, 0.5) is 10.1 Å². The molecule has 1 heterocycles. The lowest BCUT2D eigenvalue weighted by atomic mass is 10.1. The number of carbonyl (C=O) groups is 2. The molecule has 0 saturated carbocycles. The van der Waals surface area contributed by atoms with E-state index in [4.69, 9.17) is 5.11 Å². The van der Waals surface area contributed by atoms with E-state index >= 15 is 0 Å².